The summed E-state index contributed by atoms with van der Waals surface area (Å²) in [7, 11) is 1.65. The van der Waals surface area contributed by atoms with E-state index in [1.807, 2.05) is 24.3 Å². The SMILES string of the molecule is COc1ccc(C(=O)C2CC3CCCC(C2)S3)cc1. The molecule has 0 amide bonds. The second kappa shape index (κ2) is 5.58. The fourth-order valence-electron chi connectivity index (χ4n) is 3.26. The predicted molar refractivity (Wildman–Crippen MR) is 79.1 cm³/mol. The van der Waals surface area contributed by atoms with Crippen molar-refractivity contribution in [3.8, 4) is 5.75 Å². The molecule has 3 rings (SSSR count). The molecule has 2 fully saturated rings. The first-order valence-corrected chi connectivity index (χ1v) is 8.04. The molecule has 1 aromatic carbocycles. The zero-order valence-corrected chi connectivity index (χ0v) is 12.1. The first kappa shape index (κ1) is 13.0. The molecule has 2 unspecified atom stereocenters. The maximum Gasteiger partial charge on any atom is 0.166 e. The summed E-state index contributed by atoms with van der Waals surface area (Å²) in [6, 6.07) is 7.56. The highest BCUT2D eigenvalue weighted by Crippen LogP contribution is 2.44. The van der Waals surface area contributed by atoms with Gasteiger partial charge in [-0.15, -0.1) is 0 Å². The molecule has 2 bridgehead atoms. The summed E-state index contributed by atoms with van der Waals surface area (Å²) in [5.41, 5.74) is 0.843. The molecule has 19 heavy (non-hydrogen) atoms. The number of carbonyl (C=O) groups excluding carboxylic acids is 1. The monoisotopic (exact) mass is 276 g/mol. The summed E-state index contributed by atoms with van der Waals surface area (Å²) >= 11 is 2.12. The van der Waals surface area contributed by atoms with Crippen molar-refractivity contribution >= 4 is 17.5 Å². The van der Waals surface area contributed by atoms with Crippen molar-refractivity contribution in [3.05, 3.63) is 29.8 Å². The maximum atomic E-state index is 12.6. The molecule has 2 heterocycles. The van der Waals surface area contributed by atoms with Gasteiger partial charge in [0.05, 0.1) is 7.11 Å². The Hall–Kier alpha value is -0.960. The van der Waals surface area contributed by atoms with Gasteiger partial charge in [0.15, 0.2) is 5.78 Å². The molecule has 0 N–H and O–H groups in total. The number of thioether (sulfide) groups is 1. The molecule has 2 aliphatic heterocycles. The number of hydrogen-bond acceptors (Lipinski definition) is 3. The van der Waals surface area contributed by atoms with E-state index in [-0.39, 0.29) is 5.92 Å². The molecule has 2 atom stereocenters. The van der Waals surface area contributed by atoms with Crippen molar-refractivity contribution in [2.75, 3.05) is 7.11 Å². The van der Waals surface area contributed by atoms with Crippen molar-refractivity contribution in [2.24, 2.45) is 5.92 Å². The number of hydrogen-bond donors (Lipinski definition) is 0. The lowest BCUT2D eigenvalue weighted by atomic mass is 9.84. The molecule has 0 aliphatic carbocycles. The molecule has 3 heteroatoms. The number of Topliss-reactive ketones (excluding diaryl/α,β-unsaturated/α-hetero) is 1. The normalized spacial score (nSPS) is 29.8. The smallest absolute Gasteiger partial charge is 0.166 e. The minimum atomic E-state index is 0.241. The fourth-order valence-corrected chi connectivity index (χ4v) is 5.10. The van der Waals surface area contributed by atoms with Crippen LogP contribution < -0.4 is 4.74 Å². The fraction of sp³-hybridized carbons (Fsp3) is 0.562. The number of carbonyl (C=O) groups is 1. The van der Waals surface area contributed by atoms with E-state index in [1.54, 1.807) is 7.11 Å². The summed E-state index contributed by atoms with van der Waals surface area (Å²) in [5, 5.41) is 1.44. The molecular weight excluding hydrogens is 256 g/mol. The average molecular weight is 276 g/mol. The number of methoxy groups -OCH3 is 1. The van der Waals surface area contributed by atoms with Crippen LogP contribution in [0.2, 0.25) is 0 Å². The van der Waals surface area contributed by atoms with Crippen LogP contribution in [0.25, 0.3) is 0 Å². The number of fused-ring (bicyclic) bond motifs is 2. The summed E-state index contributed by atoms with van der Waals surface area (Å²) in [6.07, 6.45) is 6.10. The summed E-state index contributed by atoms with van der Waals surface area (Å²) in [6.45, 7) is 0. The highest BCUT2D eigenvalue weighted by Gasteiger charge is 2.35. The molecule has 102 valence electrons. The quantitative estimate of drug-likeness (QED) is 0.782. The zero-order valence-electron chi connectivity index (χ0n) is 11.3. The van der Waals surface area contributed by atoms with Gasteiger partial charge in [-0.25, -0.2) is 0 Å². The Morgan fingerprint density at radius 3 is 2.37 bits per heavy atom. The molecule has 0 aromatic heterocycles. The van der Waals surface area contributed by atoms with Crippen LogP contribution in [0.15, 0.2) is 24.3 Å². The number of ketones is 1. The Morgan fingerprint density at radius 2 is 1.79 bits per heavy atom. The van der Waals surface area contributed by atoms with E-state index in [4.69, 9.17) is 4.74 Å². The standard InChI is InChI=1S/C16H20O2S/c1-18-13-7-5-11(6-8-13)16(17)12-9-14-3-2-4-15(10-12)19-14/h5-8,12,14-15H,2-4,9-10H2,1H3. The van der Waals surface area contributed by atoms with Crippen LogP contribution in [0.4, 0.5) is 0 Å². The van der Waals surface area contributed by atoms with E-state index in [1.165, 1.54) is 19.3 Å². The van der Waals surface area contributed by atoms with Gasteiger partial charge in [0.1, 0.15) is 5.75 Å². The van der Waals surface area contributed by atoms with Crippen LogP contribution in [0, 0.1) is 5.92 Å². The van der Waals surface area contributed by atoms with Gasteiger partial charge < -0.3 is 4.74 Å². The van der Waals surface area contributed by atoms with E-state index in [0.29, 0.717) is 5.78 Å². The molecule has 1 aromatic rings. The molecule has 2 nitrogen and oxygen atoms in total. The Balaban J connectivity index is 1.72. The summed E-state index contributed by atoms with van der Waals surface area (Å²) in [5.74, 6) is 1.39. The van der Waals surface area contributed by atoms with Crippen LogP contribution in [0.1, 0.15) is 42.5 Å². The number of rotatable bonds is 3. The van der Waals surface area contributed by atoms with Crippen LogP contribution in [0.3, 0.4) is 0 Å². The van der Waals surface area contributed by atoms with Crippen LogP contribution in [-0.4, -0.2) is 23.4 Å². The van der Waals surface area contributed by atoms with Crippen molar-refractivity contribution in [3.63, 3.8) is 0 Å². The van der Waals surface area contributed by atoms with Gasteiger partial charge in [0.25, 0.3) is 0 Å². The first-order chi connectivity index (χ1) is 9.26. The van der Waals surface area contributed by atoms with Crippen molar-refractivity contribution in [2.45, 2.75) is 42.6 Å². The molecule has 2 aliphatic rings. The van der Waals surface area contributed by atoms with Gasteiger partial charge in [0.2, 0.25) is 0 Å². The molecule has 0 saturated carbocycles. The molecule has 0 spiro atoms. The summed E-state index contributed by atoms with van der Waals surface area (Å²) < 4.78 is 5.14. The second-order valence-electron chi connectivity index (χ2n) is 5.57. The van der Waals surface area contributed by atoms with E-state index in [2.05, 4.69) is 11.8 Å². The zero-order chi connectivity index (χ0) is 13.2. The highest BCUT2D eigenvalue weighted by molar-refractivity contribution is 8.00. The van der Waals surface area contributed by atoms with Gasteiger partial charge >= 0.3 is 0 Å². The predicted octanol–water partition coefficient (Wildman–Crippen LogP) is 3.94. The topological polar surface area (TPSA) is 26.3 Å². The van der Waals surface area contributed by atoms with Gasteiger partial charge in [-0.2, -0.15) is 11.8 Å². The third-order valence-electron chi connectivity index (χ3n) is 4.28. The Kier molecular flexibility index (Phi) is 3.83. The minimum Gasteiger partial charge on any atom is -0.497 e. The Labute approximate surface area is 118 Å². The van der Waals surface area contributed by atoms with Gasteiger partial charge in [0, 0.05) is 22.0 Å². The summed E-state index contributed by atoms with van der Waals surface area (Å²) in [4.78, 5) is 12.6. The van der Waals surface area contributed by atoms with Gasteiger partial charge in [-0.1, -0.05) is 6.42 Å². The van der Waals surface area contributed by atoms with E-state index in [0.717, 1.165) is 34.7 Å². The van der Waals surface area contributed by atoms with E-state index < -0.39 is 0 Å². The highest BCUT2D eigenvalue weighted by atomic mass is 32.2. The van der Waals surface area contributed by atoms with E-state index in [9.17, 15) is 4.79 Å². The molecular formula is C16H20O2S. The third-order valence-corrected chi connectivity index (χ3v) is 5.90. The van der Waals surface area contributed by atoms with Crippen LogP contribution in [-0.2, 0) is 0 Å². The lowest BCUT2D eigenvalue weighted by molar-refractivity contribution is 0.0896. The average Bonchev–Trinajstić information content (AvgIpc) is 2.46. The molecule has 0 radical (unpaired) electrons. The van der Waals surface area contributed by atoms with Gasteiger partial charge in [-0.05, 0) is 49.9 Å². The largest absolute Gasteiger partial charge is 0.497 e. The number of ether oxygens (including phenoxy) is 1. The first-order valence-electron chi connectivity index (χ1n) is 7.10. The van der Waals surface area contributed by atoms with Crippen molar-refractivity contribution in [1.82, 2.24) is 0 Å². The Morgan fingerprint density at radius 1 is 1.16 bits per heavy atom. The van der Waals surface area contributed by atoms with Crippen LogP contribution in [0.5, 0.6) is 5.75 Å². The lowest BCUT2D eigenvalue weighted by Crippen LogP contribution is -2.32. The van der Waals surface area contributed by atoms with Crippen molar-refractivity contribution < 1.29 is 9.53 Å². The van der Waals surface area contributed by atoms with Crippen LogP contribution >= 0.6 is 11.8 Å². The minimum absolute atomic E-state index is 0.241. The third kappa shape index (κ3) is 2.81. The number of benzene rings is 1. The maximum absolute atomic E-state index is 12.6. The van der Waals surface area contributed by atoms with Crippen molar-refractivity contribution in [1.29, 1.82) is 0 Å². The van der Waals surface area contributed by atoms with E-state index >= 15 is 0 Å². The lowest BCUT2D eigenvalue weighted by Gasteiger charge is -2.37. The molecule has 2 saturated heterocycles. The second-order valence-corrected chi connectivity index (χ2v) is 7.18. The Bertz CT molecular complexity index is 442. The van der Waals surface area contributed by atoms with Gasteiger partial charge in [-0.3, -0.25) is 4.79 Å².